The van der Waals surface area contributed by atoms with E-state index < -0.39 is 0 Å². The molecule has 1 aliphatic rings. The smallest absolute Gasteiger partial charge is 0.255 e. The first-order valence-corrected chi connectivity index (χ1v) is 9.54. The summed E-state index contributed by atoms with van der Waals surface area (Å²) in [6, 6.07) is 12.9. The van der Waals surface area contributed by atoms with Crippen LogP contribution in [0.15, 0.2) is 58.2 Å². The van der Waals surface area contributed by atoms with Gasteiger partial charge in [0.15, 0.2) is 5.11 Å². The van der Waals surface area contributed by atoms with Crippen molar-refractivity contribution in [3.8, 4) is 0 Å². The van der Waals surface area contributed by atoms with Crippen molar-refractivity contribution < 1.29 is 4.79 Å². The first-order chi connectivity index (χ1) is 12.3. The molecule has 0 radical (unpaired) electrons. The van der Waals surface area contributed by atoms with Crippen LogP contribution >= 0.6 is 39.7 Å². The maximum Gasteiger partial charge on any atom is 0.255 e. The van der Waals surface area contributed by atoms with Crippen LogP contribution in [0.2, 0.25) is 5.02 Å². The minimum Gasteiger partial charge on any atom is -0.351 e. The van der Waals surface area contributed by atoms with Crippen molar-refractivity contribution in [1.82, 2.24) is 10.6 Å². The Morgan fingerprint density at radius 1 is 1.23 bits per heavy atom. The number of carbonyl (C=O) groups excluding carboxylic acids is 1. The molecule has 0 aliphatic carbocycles. The second-order valence-electron chi connectivity index (χ2n) is 6.04. The van der Waals surface area contributed by atoms with E-state index in [4.69, 9.17) is 23.8 Å². The lowest BCUT2D eigenvalue weighted by atomic mass is 9.95. The fourth-order valence-corrected chi connectivity index (χ4v) is 3.71. The molecule has 134 valence electrons. The molecule has 26 heavy (non-hydrogen) atoms. The molecule has 0 unspecified atom stereocenters. The summed E-state index contributed by atoms with van der Waals surface area (Å²) in [4.78, 5) is 13.1. The molecule has 0 spiro atoms. The van der Waals surface area contributed by atoms with Gasteiger partial charge in [-0.3, -0.25) is 4.79 Å². The minimum absolute atomic E-state index is 0.208. The molecule has 1 aliphatic heterocycles. The van der Waals surface area contributed by atoms with Gasteiger partial charge in [0.2, 0.25) is 0 Å². The summed E-state index contributed by atoms with van der Waals surface area (Å²) in [5.74, 6) is -0.208. The van der Waals surface area contributed by atoms with Gasteiger partial charge in [0.05, 0.1) is 11.6 Å². The lowest BCUT2D eigenvalue weighted by molar-refractivity contribution is -0.113. The number of allylic oxidation sites excluding steroid dienone is 1. The first kappa shape index (κ1) is 18.9. The largest absolute Gasteiger partial charge is 0.351 e. The summed E-state index contributed by atoms with van der Waals surface area (Å²) in [7, 11) is 0. The number of hydrogen-bond donors (Lipinski definition) is 3. The van der Waals surface area contributed by atoms with E-state index in [1.54, 1.807) is 12.1 Å². The number of rotatable bonds is 3. The van der Waals surface area contributed by atoms with Crippen LogP contribution in [0, 0.1) is 6.92 Å². The van der Waals surface area contributed by atoms with Crippen LogP contribution in [0.25, 0.3) is 0 Å². The lowest BCUT2D eigenvalue weighted by Crippen LogP contribution is -2.45. The second kappa shape index (κ2) is 7.78. The highest BCUT2D eigenvalue weighted by atomic mass is 79.9. The number of aryl methyl sites for hydroxylation is 1. The number of nitrogens with one attached hydrogen (secondary N) is 3. The van der Waals surface area contributed by atoms with E-state index in [-0.39, 0.29) is 11.9 Å². The molecule has 0 aromatic heterocycles. The maximum absolute atomic E-state index is 13.1. The number of halogens is 2. The Morgan fingerprint density at radius 3 is 2.73 bits per heavy atom. The molecule has 0 saturated heterocycles. The van der Waals surface area contributed by atoms with E-state index in [9.17, 15) is 4.79 Å². The Balaban J connectivity index is 1.98. The van der Waals surface area contributed by atoms with Crippen molar-refractivity contribution in [2.75, 3.05) is 5.32 Å². The number of carbonyl (C=O) groups is 1. The molecule has 3 rings (SSSR count). The predicted molar refractivity (Wildman–Crippen MR) is 113 cm³/mol. The van der Waals surface area contributed by atoms with E-state index >= 15 is 0 Å². The SMILES string of the molecule is CC1=C(C(=O)Nc2cc(Cl)ccc2C)[C@@H](c2cccc(Br)c2)NC(=S)N1. The number of hydrogen-bond acceptors (Lipinski definition) is 2. The molecule has 2 aromatic rings. The number of amides is 1. The Hall–Kier alpha value is -1.89. The van der Waals surface area contributed by atoms with Crippen LogP contribution < -0.4 is 16.0 Å². The van der Waals surface area contributed by atoms with E-state index in [1.165, 1.54) is 0 Å². The predicted octanol–water partition coefficient (Wildman–Crippen LogP) is 4.84. The molecule has 7 heteroatoms. The minimum atomic E-state index is -0.347. The third kappa shape index (κ3) is 4.09. The summed E-state index contributed by atoms with van der Waals surface area (Å²) in [5.41, 5.74) is 3.86. The van der Waals surface area contributed by atoms with Crippen molar-refractivity contribution in [3.05, 3.63) is 74.4 Å². The van der Waals surface area contributed by atoms with Crippen LogP contribution in [-0.2, 0) is 4.79 Å². The van der Waals surface area contributed by atoms with E-state index in [2.05, 4.69) is 31.9 Å². The van der Waals surface area contributed by atoms with Crippen molar-refractivity contribution in [1.29, 1.82) is 0 Å². The van der Waals surface area contributed by atoms with Gasteiger partial charge >= 0.3 is 0 Å². The van der Waals surface area contributed by atoms with Crippen LogP contribution in [0.4, 0.5) is 5.69 Å². The third-order valence-corrected chi connectivity index (χ3v) is 5.09. The number of benzene rings is 2. The van der Waals surface area contributed by atoms with Crippen molar-refractivity contribution in [2.24, 2.45) is 0 Å². The van der Waals surface area contributed by atoms with Gasteiger partial charge in [-0.05, 0) is 61.5 Å². The molecule has 0 saturated carbocycles. The molecular formula is C19H17BrClN3OS. The van der Waals surface area contributed by atoms with Crippen molar-refractivity contribution >= 4 is 56.5 Å². The highest BCUT2D eigenvalue weighted by molar-refractivity contribution is 9.10. The molecule has 0 fully saturated rings. The van der Waals surface area contributed by atoms with Gasteiger partial charge in [-0.2, -0.15) is 0 Å². The van der Waals surface area contributed by atoms with Crippen LogP contribution in [0.3, 0.4) is 0 Å². The van der Waals surface area contributed by atoms with Crippen LogP contribution in [0.5, 0.6) is 0 Å². The Morgan fingerprint density at radius 2 is 2.00 bits per heavy atom. The van der Waals surface area contributed by atoms with Gasteiger partial charge in [0.1, 0.15) is 0 Å². The Bertz CT molecular complexity index is 929. The topological polar surface area (TPSA) is 53.2 Å². The van der Waals surface area contributed by atoms with Crippen molar-refractivity contribution in [2.45, 2.75) is 19.9 Å². The summed E-state index contributed by atoms with van der Waals surface area (Å²) < 4.78 is 0.935. The first-order valence-electron chi connectivity index (χ1n) is 7.96. The third-order valence-electron chi connectivity index (χ3n) is 4.14. The van der Waals surface area contributed by atoms with Crippen LogP contribution in [-0.4, -0.2) is 11.0 Å². The van der Waals surface area contributed by atoms with E-state index in [0.29, 0.717) is 21.4 Å². The normalized spacial score (nSPS) is 16.8. The highest BCUT2D eigenvalue weighted by Crippen LogP contribution is 2.30. The fraction of sp³-hybridized carbons (Fsp3) is 0.158. The monoisotopic (exact) mass is 449 g/mol. The van der Waals surface area contributed by atoms with Crippen molar-refractivity contribution in [3.63, 3.8) is 0 Å². The Kier molecular flexibility index (Phi) is 5.65. The molecule has 1 atom stereocenters. The molecule has 1 amide bonds. The van der Waals surface area contributed by atoms with E-state index in [0.717, 1.165) is 21.3 Å². The van der Waals surface area contributed by atoms with E-state index in [1.807, 2.05) is 44.2 Å². The Labute approximate surface area is 171 Å². The van der Waals surface area contributed by atoms with Gasteiger partial charge in [-0.25, -0.2) is 0 Å². The molecule has 4 nitrogen and oxygen atoms in total. The zero-order valence-electron chi connectivity index (χ0n) is 14.2. The van der Waals surface area contributed by atoms with Gasteiger partial charge in [0.25, 0.3) is 5.91 Å². The summed E-state index contributed by atoms with van der Waals surface area (Å²) in [5, 5.41) is 10.2. The van der Waals surface area contributed by atoms with Gasteiger partial charge in [-0.15, -0.1) is 0 Å². The highest BCUT2D eigenvalue weighted by Gasteiger charge is 2.30. The average Bonchev–Trinajstić information content (AvgIpc) is 2.57. The second-order valence-corrected chi connectivity index (χ2v) is 7.80. The van der Waals surface area contributed by atoms with Gasteiger partial charge in [0, 0.05) is 20.9 Å². The molecule has 0 bridgehead atoms. The zero-order chi connectivity index (χ0) is 18.8. The molecule has 2 aromatic carbocycles. The van der Waals surface area contributed by atoms with Gasteiger partial charge in [-0.1, -0.05) is 45.7 Å². The lowest BCUT2D eigenvalue weighted by Gasteiger charge is -2.30. The average molecular weight is 451 g/mol. The number of thiocarbonyl (C=S) groups is 1. The quantitative estimate of drug-likeness (QED) is 0.586. The van der Waals surface area contributed by atoms with Crippen LogP contribution in [0.1, 0.15) is 24.1 Å². The summed E-state index contributed by atoms with van der Waals surface area (Å²) >= 11 is 14.8. The number of anilines is 1. The summed E-state index contributed by atoms with van der Waals surface area (Å²) in [6.07, 6.45) is 0. The van der Waals surface area contributed by atoms with Gasteiger partial charge < -0.3 is 16.0 Å². The fourth-order valence-electron chi connectivity index (χ4n) is 2.85. The zero-order valence-corrected chi connectivity index (χ0v) is 17.3. The summed E-state index contributed by atoms with van der Waals surface area (Å²) in [6.45, 7) is 3.77. The standard InChI is InChI=1S/C19H17BrClN3OS/c1-10-6-7-14(21)9-15(10)23-18(25)16-11(2)22-19(26)24-17(16)12-4-3-5-13(20)8-12/h3-9,17H,1-2H3,(H,23,25)(H2,22,24,26)/t17-/m1/s1. The molecule has 3 N–H and O–H groups in total. The molecular weight excluding hydrogens is 434 g/mol. The molecule has 1 heterocycles. The maximum atomic E-state index is 13.1.